The van der Waals surface area contributed by atoms with E-state index in [0.29, 0.717) is 11.6 Å². The van der Waals surface area contributed by atoms with Crippen LogP contribution in [0, 0.1) is 6.92 Å². The Hall–Kier alpha value is -1.72. The molecule has 0 spiro atoms. The number of hydrogen-bond acceptors (Lipinski definition) is 5. The lowest BCUT2D eigenvalue weighted by Gasteiger charge is -1.92. The van der Waals surface area contributed by atoms with Crippen molar-refractivity contribution >= 4 is 40.6 Å². The van der Waals surface area contributed by atoms with E-state index in [1.54, 1.807) is 28.7 Å². The van der Waals surface area contributed by atoms with Crippen LogP contribution in [0.3, 0.4) is 0 Å². The Morgan fingerprint density at radius 3 is 2.89 bits per heavy atom. The SMILES string of the molecule is Cc1ccc(C2=N/C(=C\c3cccs3)C(=O)O2)s1. The first kappa shape index (κ1) is 11.4. The highest BCUT2D eigenvalue weighted by molar-refractivity contribution is 7.14. The van der Waals surface area contributed by atoms with Crippen molar-refractivity contribution in [3.8, 4) is 0 Å². The second-order valence-electron chi connectivity index (χ2n) is 3.76. The van der Waals surface area contributed by atoms with Crippen molar-refractivity contribution in [3.63, 3.8) is 0 Å². The number of nitrogens with zero attached hydrogens (tertiary/aromatic N) is 1. The fraction of sp³-hybridized carbons (Fsp3) is 0.0769. The van der Waals surface area contributed by atoms with E-state index in [9.17, 15) is 4.79 Å². The van der Waals surface area contributed by atoms with Gasteiger partial charge in [0.05, 0.1) is 4.88 Å². The molecule has 0 amide bonds. The summed E-state index contributed by atoms with van der Waals surface area (Å²) in [5, 5.41) is 1.96. The number of carbonyl (C=O) groups excluding carboxylic acids is 1. The van der Waals surface area contributed by atoms with Crippen LogP contribution < -0.4 is 0 Å². The van der Waals surface area contributed by atoms with Gasteiger partial charge in [-0.3, -0.25) is 0 Å². The first-order valence-corrected chi connectivity index (χ1v) is 7.05. The van der Waals surface area contributed by atoms with Crippen LogP contribution in [0.4, 0.5) is 0 Å². The predicted molar refractivity (Wildman–Crippen MR) is 74.0 cm³/mol. The number of ether oxygens (including phenoxy) is 1. The van der Waals surface area contributed by atoms with E-state index in [0.717, 1.165) is 9.75 Å². The molecule has 90 valence electrons. The molecule has 3 nitrogen and oxygen atoms in total. The van der Waals surface area contributed by atoms with Gasteiger partial charge in [-0.15, -0.1) is 22.7 Å². The van der Waals surface area contributed by atoms with E-state index in [1.807, 2.05) is 36.6 Å². The Kier molecular flexibility index (Phi) is 2.85. The lowest BCUT2D eigenvalue weighted by atomic mass is 10.3. The fourth-order valence-corrected chi connectivity index (χ4v) is 3.02. The summed E-state index contributed by atoms with van der Waals surface area (Å²) in [4.78, 5) is 19.0. The number of rotatable bonds is 2. The van der Waals surface area contributed by atoms with Gasteiger partial charge in [-0.05, 0) is 36.6 Å². The average molecular weight is 275 g/mol. The highest BCUT2D eigenvalue weighted by Gasteiger charge is 2.24. The molecule has 0 saturated carbocycles. The molecule has 18 heavy (non-hydrogen) atoms. The number of carbonyl (C=O) groups is 1. The van der Waals surface area contributed by atoms with E-state index in [-0.39, 0.29) is 5.97 Å². The average Bonchev–Trinajstić information content (AvgIpc) is 3.03. The quantitative estimate of drug-likeness (QED) is 0.622. The molecular weight excluding hydrogens is 266 g/mol. The van der Waals surface area contributed by atoms with Gasteiger partial charge >= 0.3 is 5.97 Å². The second-order valence-corrected chi connectivity index (χ2v) is 6.03. The minimum absolute atomic E-state index is 0.360. The maximum Gasteiger partial charge on any atom is 0.363 e. The van der Waals surface area contributed by atoms with Gasteiger partial charge in [-0.25, -0.2) is 9.79 Å². The van der Waals surface area contributed by atoms with Crippen LogP contribution in [-0.2, 0) is 9.53 Å². The van der Waals surface area contributed by atoms with Crippen LogP contribution in [0.25, 0.3) is 6.08 Å². The topological polar surface area (TPSA) is 38.7 Å². The summed E-state index contributed by atoms with van der Waals surface area (Å²) in [6.07, 6.45) is 1.75. The minimum atomic E-state index is -0.385. The number of aliphatic imine (C=N–C) groups is 1. The molecular formula is C13H9NO2S2. The zero-order valence-corrected chi connectivity index (χ0v) is 11.2. The lowest BCUT2D eigenvalue weighted by molar-refractivity contribution is -0.129. The molecule has 3 heterocycles. The zero-order chi connectivity index (χ0) is 12.5. The summed E-state index contributed by atoms with van der Waals surface area (Å²) in [7, 11) is 0. The first-order chi connectivity index (χ1) is 8.72. The third-order valence-electron chi connectivity index (χ3n) is 2.39. The van der Waals surface area contributed by atoms with Gasteiger partial charge in [0.25, 0.3) is 0 Å². The number of esters is 1. The van der Waals surface area contributed by atoms with Crippen LogP contribution in [0.15, 0.2) is 40.3 Å². The summed E-state index contributed by atoms with van der Waals surface area (Å²) >= 11 is 3.13. The summed E-state index contributed by atoms with van der Waals surface area (Å²) < 4.78 is 5.18. The molecule has 0 saturated heterocycles. The molecule has 0 N–H and O–H groups in total. The third kappa shape index (κ3) is 2.14. The largest absolute Gasteiger partial charge is 0.401 e. The Balaban J connectivity index is 1.94. The predicted octanol–water partition coefficient (Wildman–Crippen LogP) is 3.46. The summed E-state index contributed by atoms with van der Waals surface area (Å²) in [5.41, 5.74) is 0.360. The van der Waals surface area contributed by atoms with Crippen LogP contribution in [0.2, 0.25) is 0 Å². The van der Waals surface area contributed by atoms with Crippen LogP contribution >= 0.6 is 22.7 Å². The highest BCUT2D eigenvalue weighted by Crippen LogP contribution is 2.24. The third-order valence-corrected chi connectivity index (χ3v) is 4.20. The Morgan fingerprint density at radius 2 is 2.22 bits per heavy atom. The molecule has 0 radical (unpaired) electrons. The van der Waals surface area contributed by atoms with Gasteiger partial charge in [0.1, 0.15) is 0 Å². The van der Waals surface area contributed by atoms with E-state index < -0.39 is 0 Å². The molecule has 0 aliphatic carbocycles. The van der Waals surface area contributed by atoms with Crippen molar-refractivity contribution in [2.75, 3.05) is 0 Å². The van der Waals surface area contributed by atoms with Crippen molar-refractivity contribution < 1.29 is 9.53 Å². The standard InChI is InChI=1S/C13H9NO2S2/c1-8-4-5-11(18-8)12-14-10(13(15)16-12)7-9-3-2-6-17-9/h2-7H,1H3/b10-7-. The lowest BCUT2D eigenvalue weighted by Crippen LogP contribution is -2.03. The molecule has 0 unspecified atom stereocenters. The maximum atomic E-state index is 11.7. The van der Waals surface area contributed by atoms with Crippen LogP contribution in [0.1, 0.15) is 14.6 Å². The monoisotopic (exact) mass is 275 g/mol. The number of cyclic esters (lactones) is 1. The van der Waals surface area contributed by atoms with Crippen molar-refractivity contribution in [1.29, 1.82) is 0 Å². The molecule has 1 aliphatic rings. The van der Waals surface area contributed by atoms with E-state index >= 15 is 0 Å². The molecule has 0 atom stereocenters. The van der Waals surface area contributed by atoms with Gasteiger partial charge in [-0.1, -0.05) is 6.07 Å². The Morgan fingerprint density at radius 1 is 1.33 bits per heavy atom. The zero-order valence-electron chi connectivity index (χ0n) is 9.54. The molecule has 3 rings (SSSR count). The van der Waals surface area contributed by atoms with E-state index in [4.69, 9.17) is 4.74 Å². The molecule has 1 aliphatic heterocycles. The van der Waals surface area contributed by atoms with Gasteiger partial charge < -0.3 is 4.74 Å². The summed E-state index contributed by atoms with van der Waals surface area (Å²) in [6, 6.07) is 7.77. The van der Waals surface area contributed by atoms with Gasteiger partial charge in [-0.2, -0.15) is 0 Å². The number of thiophene rings is 2. The maximum absolute atomic E-state index is 11.7. The second kappa shape index (κ2) is 4.51. The van der Waals surface area contributed by atoms with Crippen LogP contribution in [0.5, 0.6) is 0 Å². The van der Waals surface area contributed by atoms with Crippen molar-refractivity contribution in [3.05, 3.63) is 50.0 Å². The van der Waals surface area contributed by atoms with E-state index in [2.05, 4.69) is 4.99 Å². The van der Waals surface area contributed by atoms with Crippen molar-refractivity contribution in [2.24, 2.45) is 4.99 Å². The van der Waals surface area contributed by atoms with Crippen LogP contribution in [-0.4, -0.2) is 11.9 Å². The first-order valence-electron chi connectivity index (χ1n) is 5.35. The van der Waals surface area contributed by atoms with Gasteiger partial charge in [0, 0.05) is 9.75 Å². The molecule has 5 heteroatoms. The van der Waals surface area contributed by atoms with Crippen molar-refractivity contribution in [1.82, 2.24) is 0 Å². The molecule has 0 bridgehead atoms. The highest BCUT2D eigenvalue weighted by atomic mass is 32.1. The van der Waals surface area contributed by atoms with Gasteiger partial charge in [0.2, 0.25) is 5.90 Å². The Bertz CT molecular complexity index is 650. The molecule has 0 fully saturated rings. The molecule has 2 aromatic heterocycles. The van der Waals surface area contributed by atoms with Gasteiger partial charge in [0.15, 0.2) is 5.70 Å². The summed E-state index contributed by atoms with van der Waals surface area (Å²) in [6.45, 7) is 2.01. The summed E-state index contributed by atoms with van der Waals surface area (Å²) in [5.74, 6) is 0.0189. The normalized spacial score (nSPS) is 17.1. The Labute approximate surface area is 112 Å². The smallest absolute Gasteiger partial charge is 0.363 e. The fourth-order valence-electron chi connectivity index (χ4n) is 1.57. The molecule has 0 aromatic carbocycles. The minimum Gasteiger partial charge on any atom is -0.401 e. The van der Waals surface area contributed by atoms with E-state index in [1.165, 1.54) is 4.88 Å². The number of aryl methyl sites for hydroxylation is 1. The molecule has 2 aromatic rings. The number of hydrogen-bond donors (Lipinski definition) is 0. The van der Waals surface area contributed by atoms with Crippen molar-refractivity contribution in [2.45, 2.75) is 6.92 Å².